The van der Waals surface area contributed by atoms with Gasteiger partial charge >= 0.3 is 0 Å². The molecule has 0 spiro atoms. The number of anilines is 2. The fourth-order valence-electron chi connectivity index (χ4n) is 4.95. The maximum atomic E-state index is 13.2. The molecule has 9 nitrogen and oxygen atoms in total. The highest BCUT2D eigenvalue weighted by molar-refractivity contribution is 5.77. The predicted octanol–water partition coefficient (Wildman–Crippen LogP) is 4.73. The van der Waals surface area contributed by atoms with Gasteiger partial charge in [-0.15, -0.1) is 0 Å². The second kappa shape index (κ2) is 11.0. The lowest BCUT2D eigenvalue weighted by molar-refractivity contribution is 0.632. The molecule has 4 aromatic rings. The van der Waals surface area contributed by atoms with Gasteiger partial charge in [-0.3, -0.25) is 4.68 Å². The van der Waals surface area contributed by atoms with Crippen LogP contribution in [0, 0.1) is 0 Å². The summed E-state index contributed by atoms with van der Waals surface area (Å²) in [7, 11) is 1.91. The van der Waals surface area contributed by atoms with E-state index in [1.165, 1.54) is 6.08 Å². The van der Waals surface area contributed by atoms with Gasteiger partial charge in [0.1, 0.15) is 17.7 Å². The maximum Gasteiger partial charge on any atom is 0.225 e. The zero-order chi connectivity index (χ0) is 26.6. The smallest absolute Gasteiger partial charge is 0.225 e. The molecule has 0 radical (unpaired) electrons. The lowest BCUT2D eigenvalue weighted by Gasteiger charge is -2.35. The van der Waals surface area contributed by atoms with Crippen molar-refractivity contribution in [2.24, 2.45) is 7.05 Å². The molecule has 0 amide bonds. The molecule has 0 bridgehead atoms. The van der Waals surface area contributed by atoms with Crippen molar-refractivity contribution in [2.75, 3.05) is 36.0 Å². The topological polar surface area (TPSA) is 80.3 Å². The highest BCUT2D eigenvalue weighted by atomic mass is 19.1. The van der Waals surface area contributed by atoms with Crippen LogP contribution in [0.15, 0.2) is 79.6 Å². The fourth-order valence-corrected chi connectivity index (χ4v) is 4.95. The summed E-state index contributed by atoms with van der Waals surface area (Å²) in [5.74, 6) is 1.27. The number of aromatic nitrogens is 7. The third-order valence-corrected chi connectivity index (χ3v) is 6.95. The van der Waals surface area contributed by atoms with Crippen LogP contribution in [0.2, 0.25) is 0 Å². The average molecular weight is 514 g/mol. The molecule has 5 heterocycles. The summed E-state index contributed by atoms with van der Waals surface area (Å²) in [5, 5.41) is 8.69. The van der Waals surface area contributed by atoms with Crippen molar-refractivity contribution in [1.82, 2.24) is 34.3 Å². The van der Waals surface area contributed by atoms with Gasteiger partial charge in [-0.2, -0.15) is 10.2 Å². The molecule has 1 atom stereocenters. The van der Waals surface area contributed by atoms with E-state index in [9.17, 15) is 4.39 Å². The summed E-state index contributed by atoms with van der Waals surface area (Å²) < 4.78 is 16.8. The number of hydrogen-bond acceptors (Lipinski definition) is 7. The number of allylic oxidation sites excluding steroid dienone is 5. The summed E-state index contributed by atoms with van der Waals surface area (Å²) in [5.41, 5.74) is 5.10. The maximum absolute atomic E-state index is 13.2. The van der Waals surface area contributed by atoms with Gasteiger partial charge < -0.3 is 9.80 Å². The van der Waals surface area contributed by atoms with Gasteiger partial charge in [-0.25, -0.2) is 23.9 Å². The molecule has 10 heteroatoms. The number of nitrogens with zero attached hydrogens (tertiary/aromatic N) is 9. The average Bonchev–Trinajstić information content (AvgIpc) is 3.57. The van der Waals surface area contributed by atoms with Crippen molar-refractivity contribution in [3.63, 3.8) is 0 Å². The molecule has 0 aliphatic carbocycles. The van der Waals surface area contributed by atoms with Gasteiger partial charge in [0, 0.05) is 75.1 Å². The van der Waals surface area contributed by atoms with E-state index in [2.05, 4.69) is 54.5 Å². The number of rotatable bonds is 8. The van der Waals surface area contributed by atoms with Crippen LogP contribution in [0.3, 0.4) is 0 Å². The Labute approximate surface area is 221 Å². The lowest BCUT2D eigenvalue weighted by Crippen LogP contribution is -2.47. The monoisotopic (exact) mass is 513 g/mol. The first-order valence-corrected chi connectivity index (χ1v) is 12.8. The van der Waals surface area contributed by atoms with Crippen LogP contribution in [-0.4, -0.2) is 60.5 Å². The molecule has 1 saturated heterocycles. The Bertz CT molecular complexity index is 1470. The van der Waals surface area contributed by atoms with E-state index >= 15 is 0 Å². The van der Waals surface area contributed by atoms with Crippen LogP contribution in [0.4, 0.5) is 16.2 Å². The number of piperazine rings is 1. The zero-order valence-electron chi connectivity index (χ0n) is 22.0. The Morgan fingerprint density at radius 3 is 2.37 bits per heavy atom. The number of hydrogen-bond donors (Lipinski definition) is 0. The molecule has 4 aromatic heterocycles. The van der Waals surface area contributed by atoms with Gasteiger partial charge in [-0.1, -0.05) is 25.7 Å². The Morgan fingerprint density at radius 2 is 1.74 bits per heavy atom. The van der Waals surface area contributed by atoms with Crippen molar-refractivity contribution in [3.05, 3.63) is 85.1 Å². The van der Waals surface area contributed by atoms with E-state index in [0.29, 0.717) is 5.95 Å². The standard InChI is InChI=1S/C28H32FN9/c1-5-21(8-7-20(3)29)25(6-2)23-14-30-28(31-15-23)37-11-9-36(10-12-37)27-26-13-22(18-38(26)34-19-32-27)24-16-33-35(4)17-24/h5,7-8,13-19,25H,3,6,9-12H2,1-2,4H3. The first-order chi connectivity index (χ1) is 18.5. The molecular weight excluding hydrogens is 481 g/mol. The highest BCUT2D eigenvalue weighted by Gasteiger charge is 2.23. The molecule has 1 aliphatic heterocycles. The second-order valence-electron chi connectivity index (χ2n) is 9.37. The van der Waals surface area contributed by atoms with Gasteiger partial charge in [0.25, 0.3) is 0 Å². The Hall–Kier alpha value is -4.34. The van der Waals surface area contributed by atoms with E-state index in [1.807, 2.05) is 55.5 Å². The van der Waals surface area contributed by atoms with Crippen LogP contribution in [0.1, 0.15) is 31.7 Å². The van der Waals surface area contributed by atoms with Crippen LogP contribution in [0.5, 0.6) is 0 Å². The summed E-state index contributed by atoms with van der Waals surface area (Å²) >= 11 is 0. The molecular formula is C28H32FN9. The Balaban J connectivity index is 1.28. The molecule has 38 heavy (non-hydrogen) atoms. The molecule has 1 fully saturated rings. The summed E-state index contributed by atoms with van der Waals surface area (Å²) in [6, 6.07) is 2.11. The predicted molar refractivity (Wildman–Crippen MR) is 148 cm³/mol. The SMILES string of the molecule is C=C(F)C=CC(=CC)C(CC)c1cnc(N2CCN(c3ncnn4cc(-c5cnn(C)c5)cc34)CC2)nc1. The second-order valence-corrected chi connectivity index (χ2v) is 9.37. The molecule has 0 N–H and O–H groups in total. The quantitative estimate of drug-likeness (QED) is 0.315. The van der Waals surface area contributed by atoms with E-state index < -0.39 is 5.83 Å². The zero-order valence-corrected chi connectivity index (χ0v) is 22.0. The summed E-state index contributed by atoms with van der Waals surface area (Å²) in [6.07, 6.45) is 17.3. The minimum absolute atomic E-state index is 0.0975. The third kappa shape index (κ3) is 5.20. The van der Waals surface area contributed by atoms with Gasteiger partial charge in [0.2, 0.25) is 5.95 Å². The van der Waals surface area contributed by atoms with E-state index in [0.717, 1.165) is 66.2 Å². The van der Waals surface area contributed by atoms with Gasteiger partial charge in [0.15, 0.2) is 5.82 Å². The minimum atomic E-state index is -0.460. The first kappa shape index (κ1) is 25.3. The third-order valence-electron chi connectivity index (χ3n) is 6.95. The molecule has 5 rings (SSSR count). The molecule has 1 unspecified atom stereocenters. The van der Waals surface area contributed by atoms with Crippen molar-refractivity contribution in [3.8, 4) is 11.1 Å². The molecule has 196 valence electrons. The van der Waals surface area contributed by atoms with Crippen molar-refractivity contribution in [1.29, 1.82) is 0 Å². The van der Waals surface area contributed by atoms with Crippen LogP contribution < -0.4 is 9.80 Å². The summed E-state index contributed by atoms with van der Waals surface area (Å²) in [4.78, 5) is 18.5. The van der Waals surface area contributed by atoms with Gasteiger partial charge in [-0.05, 0) is 36.6 Å². The normalized spacial score (nSPS) is 15.5. The number of fused-ring (bicyclic) bond motifs is 1. The largest absolute Gasteiger partial charge is 0.351 e. The van der Waals surface area contributed by atoms with Crippen molar-refractivity contribution >= 4 is 17.3 Å². The van der Waals surface area contributed by atoms with Crippen LogP contribution in [-0.2, 0) is 7.05 Å². The molecule has 1 aliphatic rings. The van der Waals surface area contributed by atoms with Crippen molar-refractivity contribution in [2.45, 2.75) is 26.2 Å². The molecule has 0 aromatic carbocycles. The van der Waals surface area contributed by atoms with Crippen LogP contribution in [0.25, 0.3) is 16.6 Å². The van der Waals surface area contributed by atoms with E-state index in [-0.39, 0.29) is 5.92 Å². The van der Waals surface area contributed by atoms with E-state index in [1.54, 1.807) is 17.1 Å². The van der Waals surface area contributed by atoms with Crippen molar-refractivity contribution < 1.29 is 4.39 Å². The lowest BCUT2D eigenvalue weighted by atomic mass is 9.90. The van der Waals surface area contributed by atoms with Crippen LogP contribution >= 0.6 is 0 Å². The number of aryl methyl sites for hydroxylation is 1. The van der Waals surface area contributed by atoms with E-state index in [4.69, 9.17) is 0 Å². The highest BCUT2D eigenvalue weighted by Crippen LogP contribution is 2.30. The molecule has 0 saturated carbocycles. The first-order valence-electron chi connectivity index (χ1n) is 12.8. The number of halogens is 1. The Morgan fingerprint density at radius 1 is 1.00 bits per heavy atom. The minimum Gasteiger partial charge on any atom is -0.351 e. The summed E-state index contributed by atoms with van der Waals surface area (Å²) in [6.45, 7) is 10.5. The fraction of sp³-hybridized carbons (Fsp3) is 0.321. The Kier molecular flexibility index (Phi) is 7.30. The van der Waals surface area contributed by atoms with Gasteiger partial charge in [0.05, 0.1) is 6.20 Å².